The first-order valence-electron chi connectivity index (χ1n) is 4.16. The van der Waals surface area contributed by atoms with Crippen LogP contribution in [0.15, 0.2) is 0 Å². The number of alkyl carbamates (subject to hydrolysis) is 1. The molecule has 0 aliphatic carbocycles. The Labute approximate surface area is 82.4 Å². The monoisotopic (exact) mass is 204 g/mol. The maximum atomic E-state index is 11.0. The Morgan fingerprint density at radius 2 is 2.00 bits per heavy atom. The lowest BCUT2D eigenvalue weighted by Crippen LogP contribution is -2.46. The number of aliphatic hydroxyl groups is 1. The average molecular weight is 204 g/mol. The van der Waals surface area contributed by atoms with Crippen molar-refractivity contribution in [2.75, 3.05) is 6.61 Å². The molecule has 6 heteroatoms. The van der Waals surface area contributed by atoms with Gasteiger partial charge in [-0.15, -0.1) is 0 Å². The van der Waals surface area contributed by atoms with E-state index in [1.807, 2.05) is 5.32 Å². The summed E-state index contributed by atoms with van der Waals surface area (Å²) in [5, 5.41) is 10.4. The van der Waals surface area contributed by atoms with Crippen molar-refractivity contribution < 1.29 is 19.4 Å². The van der Waals surface area contributed by atoms with E-state index in [0.29, 0.717) is 0 Å². The zero-order valence-corrected chi connectivity index (χ0v) is 8.53. The summed E-state index contributed by atoms with van der Waals surface area (Å²) in [5.41, 5.74) is 4.49. The van der Waals surface area contributed by atoms with Crippen molar-refractivity contribution in [3.63, 3.8) is 0 Å². The summed E-state index contributed by atoms with van der Waals surface area (Å²) >= 11 is 0. The van der Waals surface area contributed by atoms with Crippen molar-refractivity contribution >= 4 is 12.0 Å². The third-order valence-corrected chi connectivity index (χ3v) is 1.16. The topological polar surface area (TPSA) is 102 Å². The molecule has 0 saturated heterocycles. The van der Waals surface area contributed by atoms with Crippen LogP contribution in [0.2, 0.25) is 0 Å². The lowest BCUT2D eigenvalue weighted by Gasteiger charge is -2.19. The summed E-state index contributed by atoms with van der Waals surface area (Å²) in [7, 11) is 0. The van der Waals surface area contributed by atoms with E-state index in [0.717, 1.165) is 0 Å². The molecule has 0 aromatic carbocycles. The molecule has 0 radical (unpaired) electrons. The van der Waals surface area contributed by atoms with Crippen molar-refractivity contribution in [1.82, 2.24) is 5.32 Å². The number of nitrogens with two attached hydrogens (primary N) is 1. The number of rotatable bonds is 2. The summed E-state index contributed by atoms with van der Waals surface area (Å²) in [5.74, 6) is -0.762. The number of aliphatic hydroxyl groups excluding tert-OH is 1. The van der Waals surface area contributed by atoms with E-state index in [-0.39, 0.29) is 0 Å². The molecule has 0 aliphatic heterocycles. The molecule has 1 atom stereocenters. The van der Waals surface area contributed by atoms with Crippen LogP contribution in [0.4, 0.5) is 4.79 Å². The minimum atomic E-state index is -1.11. The average Bonchev–Trinajstić information content (AvgIpc) is 1.99. The standard InChI is InChI=1S/C8H16N2O4/c1-8(2,3)14-7(13)10-6(12)5(9)4-11/h5,11H,4,9H2,1-3H3,(H,10,12,13). The van der Waals surface area contributed by atoms with Gasteiger partial charge in [-0.3, -0.25) is 10.1 Å². The third-order valence-electron chi connectivity index (χ3n) is 1.16. The van der Waals surface area contributed by atoms with Crippen LogP contribution in [-0.4, -0.2) is 35.4 Å². The second-order valence-corrected chi connectivity index (χ2v) is 3.78. The zero-order valence-electron chi connectivity index (χ0n) is 8.53. The lowest BCUT2D eigenvalue weighted by atomic mass is 10.2. The molecule has 0 aliphatic rings. The van der Waals surface area contributed by atoms with Crippen LogP contribution in [0.5, 0.6) is 0 Å². The first-order chi connectivity index (χ1) is 6.26. The molecule has 0 fully saturated rings. The number of amides is 2. The fourth-order valence-electron chi connectivity index (χ4n) is 0.580. The highest BCUT2D eigenvalue weighted by molar-refractivity contribution is 5.94. The predicted octanol–water partition coefficient (Wildman–Crippen LogP) is -0.643. The number of imide groups is 1. The van der Waals surface area contributed by atoms with Gasteiger partial charge in [-0.2, -0.15) is 0 Å². The number of hydrogen-bond donors (Lipinski definition) is 3. The fraction of sp³-hybridized carbons (Fsp3) is 0.750. The van der Waals surface area contributed by atoms with Gasteiger partial charge in [0.1, 0.15) is 11.6 Å². The third kappa shape index (κ3) is 5.50. The smallest absolute Gasteiger partial charge is 0.414 e. The van der Waals surface area contributed by atoms with E-state index >= 15 is 0 Å². The predicted molar refractivity (Wildman–Crippen MR) is 49.4 cm³/mol. The first-order valence-corrected chi connectivity index (χ1v) is 4.16. The quantitative estimate of drug-likeness (QED) is 0.555. The molecule has 14 heavy (non-hydrogen) atoms. The highest BCUT2D eigenvalue weighted by Gasteiger charge is 2.20. The Morgan fingerprint density at radius 3 is 2.36 bits per heavy atom. The molecule has 0 saturated carbocycles. The van der Waals surface area contributed by atoms with Crippen LogP contribution in [0.25, 0.3) is 0 Å². The zero-order chi connectivity index (χ0) is 11.4. The first kappa shape index (κ1) is 12.9. The molecular formula is C8H16N2O4. The molecule has 82 valence electrons. The number of carbonyl (C=O) groups excluding carboxylic acids is 2. The van der Waals surface area contributed by atoms with Gasteiger partial charge in [-0.25, -0.2) is 4.79 Å². The van der Waals surface area contributed by atoms with Gasteiger partial charge in [0, 0.05) is 0 Å². The molecule has 0 aromatic heterocycles. The summed E-state index contributed by atoms with van der Waals surface area (Å²) in [4.78, 5) is 22.0. The number of carbonyl (C=O) groups is 2. The van der Waals surface area contributed by atoms with Crippen molar-refractivity contribution in [2.24, 2.45) is 5.73 Å². The molecular weight excluding hydrogens is 188 g/mol. The van der Waals surface area contributed by atoms with Crippen LogP contribution in [-0.2, 0) is 9.53 Å². The van der Waals surface area contributed by atoms with Crippen molar-refractivity contribution in [1.29, 1.82) is 0 Å². The molecule has 0 heterocycles. The van der Waals surface area contributed by atoms with Crippen LogP contribution in [0.3, 0.4) is 0 Å². The molecule has 2 amide bonds. The maximum Gasteiger partial charge on any atom is 0.414 e. The van der Waals surface area contributed by atoms with Gasteiger partial charge in [0.25, 0.3) is 0 Å². The van der Waals surface area contributed by atoms with Gasteiger partial charge in [0.15, 0.2) is 0 Å². The van der Waals surface area contributed by atoms with Gasteiger partial charge >= 0.3 is 6.09 Å². The summed E-state index contributed by atoms with van der Waals surface area (Å²) in [6, 6.07) is -1.11. The van der Waals surface area contributed by atoms with Crippen LogP contribution in [0.1, 0.15) is 20.8 Å². The van der Waals surface area contributed by atoms with Gasteiger partial charge < -0.3 is 15.6 Å². The van der Waals surface area contributed by atoms with E-state index < -0.39 is 30.3 Å². The normalized spacial score (nSPS) is 13.2. The van der Waals surface area contributed by atoms with Crippen molar-refractivity contribution in [3.05, 3.63) is 0 Å². The highest BCUT2D eigenvalue weighted by atomic mass is 16.6. The Hall–Kier alpha value is -1.14. The largest absolute Gasteiger partial charge is 0.444 e. The molecule has 0 bridgehead atoms. The summed E-state index contributed by atoms with van der Waals surface area (Å²) in [6.45, 7) is 4.49. The summed E-state index contributed by atoms with van der Waals surface area (Å²) in [6.07, 6.45) is -0.869. The van der Waals surface area contributed by atoms with Crippen LogP contribution < -0.4 is 11.1 Å². The number of hydrogen-bond acceptors (Lipinski definition) is 5. The van der Waals surface area contributed by atoms with Gasteiger partial charge in [-0.1, -0.05) is 0 Å². The van der Waals surface area contributed by atoms with E-state index in [4.69, 9.17) is 15.6 Å². The number of ether oxygens (including phenoxy) is 1. The van der Waals surface area contributed by atoms with Crippen LogP contribution >= 0.6 is 0 Å². The minimum Gasteiger partial charge on any atom is -0.444 e. The van der Waals surface area contributed by atoms with Crippen molar-refractivity contribution in [2.45, 2.75) is 32.4 Å². The Morgan fingerprint density at radius 1 is 1.50 bits per heavy atom. The van der Waals surface area contributed by atoms with Crippen LogP contribution in [0, 0.1) is 0 Å². The molecule has 6 nitrogen and oxygen atoms in total. The van der Waals surface area contributed by atoms with E-state index in [9.17, 15) is 9.59 Å². The Balaban J connectivity index is 4.02. The lowest BCUT2D eigenvalue weighted by molar-refractivity contribution is -0.122. The Bertz CT molecular complexity index is 222. The highest BCUT2D eigenvalue weighted by Crippen LogP contribution is 2.06. The van der Waals surface area contributed by atoms with Gasteiger partial charge in [0.05, 0.1) is 6.61 Å². The molecule has 0 rings (SSSR count). The fourth-order valence-corrected chi connectivity index (χ4v) is 0.580. The van der Waals surface area contributed by atoms with E-state index in [1.165, 1.54) is 0 Å². The molecule has 0 spiro atoms. The van der Waals surface area contributed by atoms with Gasteiger partial charge in [-0.05, 0) is 20.8 Å². The maximum absolute atomic E-state index is 11.0. The Kier molecular flexibility index (Phi) is 4.52. The van der Waals surface area contributed by atoms with E-state index in [2.05, 4.69) is 0 Å². The summed E-state index contributed by atoms with van der Waals surface area (Å²) < 4.78 is 4.79. The molecule has 0 aromatic rings. The second-order valence-electron chi connectivity index (χ2n) is 3.78. The minimum absolute atomic E-state index is 0.519. The van der Waals surface area contributed by atoms with Crippen molar-refractivity contribution in [3.8, 4) is 0 Å². The molecule has 4 N–H and O–H groups in total. The SMILES string of the molecule is CC(C)(C)OC(=O)NC(=O)C(N)CO. The number of nitrogens with one attached hydrogen (secondary N) is 1. The molecule has 1 unspecified atom stereocenters. The van der Waals surface area contributed by atoms with E-state index in [1.54, 1.807) is 20.8 Å². The second kappa shape index (κ2) is 4.92. The van der Waals surface area contributed by atoms with Gasteiger partial charge in [0.2, 0.25) is 5.91 Å².